The molecule has 1 heterocycles. The van der Waals surface area contributed by atoms with E-state index >= 15 is 0 Å². The van der Waals surface area contributed by atoms with Gasteiger partial charge in [-0.3, -0.25) is 0 Å². The van der Waals surface area contributed by atoms with Gasteiger partial charge in [0.05, 0.1) is 0 Å². The van der Waals surface area contributed by atoms with Crippen LogP contribution < -0.4 is 11.6 Å². The maximum Gasteiger partial charge on any atom is 0.148 e. The minimum Gasteiger partial charge on any atom is -0.382 e. The topological polar surface area (TPSA) is 79.1 Å². The third-order valence-corrected chi connectivity index (χ3v) is 2.20. The maximum absolute atomic E-state index is 5.76. The van der Waals surface area contributed by atoms with Gasteiger partial charge in [0.25, 0.3) is 0 Å². The number of anilines is 1. The van der Waals surface area contributed by atoms with Crippen LogP contribution in [0.25, 0.3) is 0 Å². The Morgan fingerprint density at radius 2 is 2.00 bits per heavy atom. The summed E-state index contributed by atoms with van der Waals surface area (Å²) in [5, 5.41) is 0. The predicted octanol–water partition coefficient (Wildman–Crippen LogP) is 0.369. The lowest BCUT2D eigenvalue weighted by molar-refractivity contribution is 0.0164. The number of hydrogen-bond donors (Lipinski definition) is 2. The molecule has 0 fully saturated rings. The van der Waals surface area contributed by atoms with Crippen molar-refractivity contribution in [3.8, 4) is 0 Å². The Labute approximate surface area is 77.7 Å². The second kappa shape index (κ2) is 2.92. The normalized spacial score (nSPS) is 12.0. The van der Waals surface area contributed by atoms with E-state index < -0.39 is 5.60 Å². The zero-order valence-corrected chi connectivity index (χ0v) is 8.46. The zero-order valence-electron chi connectivity index (χ0n) is 8.46. The second-order valence-electron chi connectivity index (χ2n) is 3.48. The molecule has 0 aliphatic rings. The number of ether oxygens (including phenoxy) is 1. The molecule has 1 rings (SSSR count). The molecule has 74 valence electrons. The number of hydrogen-bond acceptors (Lipinski definition) is 4. The first kappa shape index (κ1) is 9.85. The monoisotopic (exact) mass is 184 g/mol. The van der Waals surface area contributed by atoms with Crippen molar-refractivity contribution in [3.63, 3.8) is 0 Å². The molecule has 5 nitrogen and oxygen atoms in total. The molecular weight excluding hydrogens is 168 g/mol. The highest BCUT2D eigenvalue weighted by Gasteiger charge is 2.27. The lowest BCUT2D eigenvalue weighted by Crippen LogP contribution is -2.22. The molecule has 0 aliphatic carbocycles. The van der Waals surface area contributed by atoms with Gasteiger partial charge in [-0.15, -0.1) is 0 Å². The van der Waals surface area contributed by atoms with Crippen molar-refractivity contribution in [3.05, 3.63) is 11.5 Å². The van der Waals surface area contributed by atoms with Crippen LogP contribution >= 0.6 is 0 Å². The molecule has 5 heteroatoms. The van der Waals surface area contributed by atoms with Gasteiger partial charge in [0, 0.05) is 7.11 Å². The molecular formula is C8H16N4O. The highest BCUT2D eigenvalue weighted by Crippen LogP contribution is 2.27. The van der Waals surface area contributed by atoms with E-state index in [0.29, 0.717) is 17.3 Å². The Morgan fingerprint density at radius 1 is 1.46 bits per heavy atom. The molecule has 0 amide bonds. The van der Waals surface area contributed by atoms with E-state index in [2.05, 4.69) is 4.98 Å². The third-order valence-electron chi connectivity index (χ3n) is 2.20. The number of nitrogens with two attached hydrogens (primary N) is 2. The summed E-state index contributed by atoms with van der Waals surface area (Å²) in [7, 11) is 1.62. The molecule has 0 bridgehead atoms. The molecule has 0 saturated heterocycles. The molecule has 1 aromatic heterocycles. The van der Waals surface area contributed by atoms with E-state index in [4.69, 9.17) is 16.3 Å². The van der Waals surface area contributed by atoms with Crippen molar-refractivity contribution in [2.24, 2.45) is 0 Å². The number of aromatic nitrogens is 2. The fourth-order valence-corrected chi connectivity index (χ4v) is 1.10. The number of aryl methyl sites for hydroxylation is 1. The number of nitrogens with zero attached hydrogens (tertiary/aromatic N) is 2. The minimum absolute atomic E-state index is 0.448. The van der Waals surface area contributed by atoms with Crippen molar-refractivity contribution in [1.82, 2.24) is 9.66 Å². The maximum atomic E-state index is 5.76. The van der Waals surface area contributed by atoms with Gasteiger partial charge in [-0.25, -0.2) is 9.66 Å². The number of nitrogen functional groups attached to an aromatic ring is 2. The highest BCUT2D eigenvalue weighted by molar-refractivity contribution is 5.41. The van der Waals surface area contributed by atoms with Crippen LogP contribution in [0.3, 0.4) is 0 Å². The summed E-state index contributed by atoms with van der Waals surface area (Å²) in [5.41, 5.74) is 5.94. The van der Waals surface area contributed by atoms with E-state index in [0.717, 1.165) is 0 Å². The molecule has 0 atom stereocenters. The SMILES string of the molecule is COC(C)(C)c1nc(C)n(N)c1N. The lowest BCUT2D eigenvalue weighted by atomic mass is 10.1. The molecule has 0 radical (unpaired) electrons. The third kappa shape index (κ3) is 1.47. The van der Waals surface area contributed by atoms with Crippen LogP contribution in [-0.2, 0) is 10.3 Å². The van der Waals surface area contributed by atoms with Crippen molar-refractivity contribution in [2.75, 3.05) is 18.7 Å². The molecule has 4 N–H and O–H groups in total. The molecule has 13 heavy (non-hydrogen) atoms. The fourth-order valence-electron chi connectivity index (χ4n) is 1.10. The summed E-state index contributed by atoms with van der Waals surface area (Å²) < 4.78 is 6.62. The van der Waals surface area contributed by atoms with Crippen molar-refractivity contribution in [1.29, 1.82) is 0 Å². The number of methoxy groups -OCH3 is 1. The van der Waals surface area contributed by atoms with Gasteiger partial charge in [-0.05, 0) is 20.8 Å². The van der Waals surface area contributed by atoms with Gasteiger partial charge in [-0.2, -0.15) is 0 Å². The van der Waals surface area contributed by atoms with E-state index in [1.165, 1.54) is 4.68 Å². The smallest absolute Gasteiger partial charge is 0.148 e. The molecule has 0 saturated carbocycles. The van der Waals surface area contributed by atoms with Crippen molar-refractivity contribution >= 4 is 5.82 Å². The first-order chi connectivity index (χ1) is 5.90. The van der Waals surface area contributed by atoms with E-state index in [9.17, 15) is 0 Å². The molecule has 0 aromatic carbocycles. The molecule has 0 spiro atoms. The Hall–Kier alpha value is -1.23. The summed E-state index contributed by atoms with van der Waals surface area (Å²) in [5.74, 6) is 6.75. The number of imidazole rings is 1. The summed E-state index contributed by atoms with van der Waals surface area (Å²) in [6.45, 7) is 5.59. The Balaban J connectivity index is 3.23. The van der Waals surface area contributed by atoms with Gasteiger partial charge >= 0.3 is 0 Å². The van der Waals surface area contributed by atoms with Gasteiger partial charge in [-0.1, -0.05) is 0 Å². The van der Waals surface area contributed by atoms with Crippen LogP contribution in [0.15, 0.2) is 0 Å². The average molecular weight is 184 g/mol. The Bertz CT molecular complexity index is 316. The highest BCUT2D eigenvalue weighted by atomic mass is 16.5. The Kier molecular flexibility index (Phi) is 2.21. The van der Waals surface area contributed by atoms with E-state index in [1.54, 1.807) is 14.0 Å². The van der Waals surface area contributed by atoms with Crippen LogP contribution in [0.1, 0.15) is 25.4 Å². The minimum atomic E-state index is -0.501. The van der Waals surface area contributed by atoms with Gasteiger partial charge < -0.3 is 16.3 Å². The standard InChI is InChI=1S/C8H16N4O/c1-5-11-6(7(9)12(5)10)8(2,3)13-4/h9-10H2,1-4H3. The summed E-state index contributed by atoms with van der Waals surface area (Å²) in [6.07, 6.45) is 0. The van der Waals surface area contributed by atoms with E-state index in [1.807, 2.05) is 13.8 Å². The summed E-state index contributed by atoms with van der Waals surface area (Å²) >= 11 is 0. The zero-order chi connectivity index (χ0) is 10.2. The van der Waals surface area contributed by atoms with Crippen molar-refractivity contribution in [2.45, 2.75) is 26.4 Å². The van der Waals surface area contributed by atoms with Crippen LogP contribution in [0.4, 0.5) is 5.82 Å². The van der Waals surface area contributed by atoms with Crippen LogP contribution in [0.2, 0.25) is 0 Å². The van der Waals surface area contributed by atoms with Crippen LogP contribution in [0, 0.1) is 6.92 Å². The predicted molar refractivity (Wildman–Crippen MR) is 51.6 cm³/mol. The Morgan fingerprint density at radius 3 is 2.31 bits per heavy atom. The quantitative estimate of drug-likeness (QED) is 0.651. The first-order valence-electron chi connectivity index (χ1n) is 4.05. The molecule has 0 aliphatic heterocycles. The molecule has 1 aromatic rings. The van der Waals surface area contributed by atoms with E-state index in [-0.39, 0.29) is 0 Å². The van der Waals surface area contributed by atoms with Gasteiger partial charge in [0.1, 0.15) is 22.9 Å². The van der Waals surface area contributed by atoms with Crippen LogP contribution in [-0.4, -0.2) is 16.8 Å². The first-order valence-corrected chi connectivity index (χ1v) is 4.05. The average Bonchev–Trinajstić information content (AvgIpc) is 2.33. The van der Waals surface area contributed by atoms with Gasteiger partial charge in [0.2, 0.25) is 0 Å². The largest absolute Gasteiger partial charge is 0.382 e. The van der Waals surface area contributed by atoms with Crippen LogP contribution in [0.5, 0.6) is 0 Å². The molecule has 0 unspecified atom stereocenters. The van der Waals surface area contributed by atoms with Gasteiger partial charge in [0.15, 0.2) is 0 Å². The lowest BCUT2D eigenvalue weighted by Gasteiger charge is -2.20. The fraction of sp³-hybridized carbons (Fsp3) is 0.625. The summed E-state index contributed by atoms with van der Waals surface area (Å²) in [4.78, 5) is 4.24. The summed E-state index contributed by atoms with van der Waals surface area (Å²) in [6, 6.07) is 0. The second-order valence-corrected chi connectivity index (χ2v) is 3.48. The number of rotatable bonds is 2. The van der Waals surface area contributed by atoms with Crippen molar-refractivity contribution < 1.29 is 4.74 Å².